The van der Waals surface area contributed by atoms with Crippen molar-refractivity contribution in [3.05, 3.63) is 65.7 Å². The molecule has 2 N–H and O–H groups in total. The molecule has 128 valence electrons. The fourth-order valence-corrected chi connectivity index (χ4v) is 2.76. The number of rotatable bonds is 7. The van der Waals surface area contributed by atoms with Crippen LogP contribution in [-0.4, -0.2) is 23.9 Å². The molecule has 0 radical (unpaired) electrons. The summed E-state index contributed by atoms with van der Waals surface area (Å²) in [7, 11) is -1.39. The Balaban J connectivity index is 1.90. The van der Waals surface area contributed by atoms with Gasteiger partial charge in [-0.25, -0.2) is 4.79 Å². The van der Waals surface area contributed by atoms with Gasteiger partial charge in [0.25, 0.3) is 0 Å². The van der Waals surface area contributed by atoms with Crippen LogP contribution < -0.4 is 10.1 Å². The highest BCUT2D eigenvalue weighted by molar-refractivity contribution is 7.38. The third-order valence-corrected chi connectivity index (χ3v) is 4.35. The predicted octanol–water partition coefficient (Wildman–Crippen LogP) is 2.96. The number of methoxy groups -OCH3 is 1. The van der Waals surface area contributed by atoms with Gasteiger partial charge in [0.15, 0.2) is 0 Å². The molecule has 0 saturated carbocycles. The summed E-state index contributed by atoms with van der Waals surface area (Å²) in [4.78, 5) is 21.3. The lowest BCUT2D eigenvalue weighted by Gasteiger charge is -2.16. The number of alkyl carbamates (subject to hydrolysis) is 1. The molecule has 0 spiro atoms. The van der Waals surface area contributed by atoms with Crippen LogP contribution in [0.15, 0.2) is 54.6 Å². The number of ether oxygens (including phenoxy) is 2. The van der Waals surface area contributed by atoms with Crippen LogP contribution in [0.3, 0.4) is 0 Å². The van der Waals surface area contributed by atoms with Crippen LogP contribution in [0.25, 0.3) is 0 Å². The van der Waals surface area contributed by atoms with Crippen molar-refractivity contribution in [2.75, 3.05) is 7.11 Å². The Hall–Kier alpha value is -2.30. The molecule has 6 nitrogen and oxygen atoms in total. The summed E-state index contributed by atoms with van der Waals surface area (Å²) in [5, 5.41) is 2.45. The molecule has 1 amide bonds. The van der Waals surface area contributed by atoms with E-state index >= 15 is 0 Å². The molecule has 1 unspecified atom stereocenters. The van der Waals surface area contributed by atoms with Gasteiger partial charge in [0.1, 0.15) is 18.1 Å². The molecule has 0 saturated heterocycles. The van der Waals surface area contributed by atoms with E-state index in [0.29, 0.717) is 5.75 Å². The molecule has 0 heterocycles. The summed E-state index contributed by atoms with van der Waals surface area (Å²) in [5.41, 5.74) is 1.66. The maximum atomic E-state index is 11.8. The molecular weight excluding hydrogens is 329 g/mol. The standard InChI is InChI=1S/C17H20NO5P/c1-22-15-9-7-13(8-10-15)11-16(24(20)21)18-17(19)23-12-14-5-3-2-4-6-14/h2-10,16,24H,11-12H2,1H3,(H,18,19)(H,20,21)/t16-/m1/s1. The zero-order valence-corrected chi connectivity index (χ0v) is 14.3. The Bertz CT molecular complexity index is 675. The van der Waals surface area contributed by atoms with E-state index in [0.717, 1.165) is 11.1 Å². The van der Waals surface area contributed by atoms with E-state index in [2.05, 4.69) is 5.32 Å². The fraction of sp³-hybridized carbons (Fsp3) is 0.235. The van der Waals surface area contributed by atoms with Crippen LogP contribution in [0.2, 0.25) is 0 Å². The average Bonchev–Trinajstić information content (AvgIpc) is 2.61. The lowest BCUT2D eigenvalue weighted by atomic mass is 10.1. The van der Waals surface area contributed by atoms with Gasteiger partial charge in [0.05, 0.1) is 7.11 Å². The van der Waals surface area contributed by atoms with Crippen molar-refractivity contribution in [2.45, 2.75) is 18.8 Å². The second kappa shape index (κ2) is 9.11. The first kappa shape index (κ1) is 18.0. The Morgan fingerprint density at radius 1 is 1.12 bits per heavy atom. The highest BCUT2D eigenvalue weighted by atomic mass is 31.1. The topological polar surface area (TPSA) is 84.9 Å². The quantitative estimate of drug-likeness (QED) is 0.751. The summed E-state index contributed by atoms with van der Waals surface area (Å²) in [6.07, 6.45) is -0.483. The summed E-state index contributed by atoms with van der Waals surface area (Å²) >= 11 is 0. The Morgan fingerprint density at radius 3 is 2.38 bits per heavy atom. The SMILES string of the molecule is COc1ccc(C[C@H](NC(=O)OCc2ccccc2)[PH](=O)O)cc1. The molecule has 0 aliphatic heterocycles. The fourth-order valence-electron chi connectivity index (χ4n) is 2.10. The number of carbonyl (C=O) groups excluding carboxylic acids is 1. The van der Waals surface area contributed by atoms with Crippen molar-refractivity contribution in [3.63, 3.8) is 0 Å². The minimum absolute atomic E-state index is 0.105. The summed E-state index contributed by atoms with van der Waals surface area (Å²) in [6.45, 7) is 0.105. The maximum absolute atomic E-state index is 11.8. The molecule has 0 fully saturated rings. The molecule has 0 aromatic heterocycles. The molecular formula is C17H20NO5P. The van der Waals surface area contributed by atoms with Crippen molar-refractivity contribution < 1.29 is 23.7 Å². The van der Waals surface area contributed by atoms with Crippen molar-refractivity contribution in [3.8, 4) is 5.75 Å². The van der Waals surface area contributed by atoms with Crippen LogP contribution in [0.4, 0.5) is 4.79 Å². The number of hydrogen-bond donors (Lipinski definition) is 2. The third kappa shape index (κ3) is 5.72. The van der Waals surface area contributed by atoms with Crippen LogP contribution in [0.5, 0.6) is 5.75 Å². The lowest BCUT2D eigenvalue weighted by Crippen LogP contribution is -2.34. The predicted molar refractivity (Wildman–Crippen MR) is 91.5 cm³/mol. The number of nitrogens with one attached hydrogen (secondary N) is 1. The second-order valence-corrected chi connectivity index (χ2v) is 6.52. The van der Waals surface area contributed by atoms with Gasteiger partial charge in [-0.1, -0.05) is 42.5 Å². The molecule has 2 aromatic rings. The first-order chi connectivity index (χ1) is 11.6. The Kier molecular flexibility index (Phi) is 6.85. The number of carbonyl (C=O) groups is 1. The van der Waals surface area contributed by atoms with E-state index in [9.17, 15) is 14.3 Å². The minimum Gasteiger partial charge on any atom is -0.497 e. The van der Waals surface area contributed by atoms with Crippen LogP contribution in [0, 0.1) is 0 Å². The highest BCUT2D eigenvalue weighted by Gasteiger charge is 2.19. The zero-order chi connectivity index (χ0) is 17.4. The molecule has 0 aliphatic carbocycles. The highest BCUT2D eigenvalue weighted by Crippen LogP contribution is 2.24. The molecule has 2 rings (SSSR count). The second-order valence-electron chi connectivity index (χ2n) is 5.15. The zero-order valence-electron chi connectivity index (χ0n) is 13.3. The molecule has 7 heteroatoms. The van der Waals surface area contributed by atoms with Crippen LogP contribution in [0.1, 0.15) is 11.1 Å². The first-order valence-electron chi connectivity index (χ1n) is 7.41. The van der Waals surface area contributed by atoms with Crippen molar-refractivity contribution in [2.24, 2.45) is 0 Å². The van der Waals surface area contributed by atoms with Crippen molar-refractivity contribution >= 4 is 14.1 Å². The van der Waals surface area contributed by atoms with E-state index in [1.54, 1.807) is 31.4 Å². The molecule has 2 aromatic carbocycles. The normalized spacial score (nSPS) is 12.9. The van der Waals surface area contributed by atoms with Gasteiger partial charge < -0.3 is 19.7 Å². The lowest BCUT2D eigenvalue weighted by molar-refractivity contribution is 0.138. The third-order valence-electron chi connectivity index (χ3n) is 3.40. The first-order valence-corrected chi connectivity index (χ1v) is 8.84. The molecule has 0 aliphatic rings. The van der Waals surface area contributed by atoms with Gasteiger partial charge in [-0.15, -0.1) is 0 Å². The van der Waals surface area contributed by atoms with Gasteiger partial charge >= 0.3 is 6.09 Å². The van der Waals surface area contributed by atoms with E-state index < -0.39 is 19.9 Å². The van der Waals surface area contributed by atoms with Gasteiger partial charge in [0, 0.05) is 6.42 Å². The van der Waals surface area contributed by atoms with Crippen LogP contribution >= 0.6 is 8.03 Å². The summed E-state index contributed by atoms with van der Waals surface area (Å²) in [5.74, 6) is -0.186. The Labute approximate surface area is 141 Å². The smallest absolute Gasteiger partial charge is 0.408 e. The molecule has 24 heavy (non-hydrogen) atoms. The Morgan fingerprint density at radius 2 is 1.79 bits per heavy atom. The van der Waals surface area contributed by atoms with E-state index in [1.807, 2.05) is 30.3 Å². The van der Waals surface area contributed by atoms with E-state index in [-0.39, 0.29) is 13.0 Å². The van der Waals surface area contributed by atoms with Gasteiger partial charge in [-0.2, -0.15) is 0 Å². The largest absolute Gasteiger partial charge is 0.497 e. The summed E-state index contributed by atoms with van der Waals surface area (Å²) < 4.78 is 21.7. The summed E-state index contributed by atoms with van der Waals surface area (Å²) in [6, 6.07) is 16.3. The van der Waals surface area contributed by atoms with Gasteiger partial charge in [-0.3, -0.25) is 4.57 Å². The van der Waals surface area contributed by atoms with E-state index in [4.69, 9.17) is 9.47 Å². The van der Waals surface area contributed by atoms with Crippen molar-refractivity contribution in [1.82, 2.24) is 5.32 Å². The average molecular weight is 349 g/mol. The van der Waals surface area contributed by atoms with Gasteiger partial charge in [0.2, 0.25) is 8.03 Å². The molecule has 0 bridgehead atoms. The maximum Gasteiger partial charge on any atom is 0.408 e. The number of hydrogen-bond acceptors (Lipinski definition) is 4. The number of amides is 1. The minimum atomic E-state index is -2.96. The number of benzene rings is 2. The van der Waals surface area contributed by atoms with Gasteiger partial charge in [-0.05, 0) is 23.3 Å². The molecule has 2 atom stereocenters. The van der Waals surface area contributed by atoms with Crippen LogP contribution in [-0.2, 0) is 22.3 Å². The van der Waals surface area contributed by atoms with E-state index in [1.165, 1.54) is 0 Å². The van der Waals surface area contributed by atoms with Crippen molar-refractivity contribution in [1.29, 1.82) is 0 Å². The monoisotopic (exact) mass is 349 g/mol.